The van der Waals surface area contributed by atoms with E-state index < -0.39 is 19.8 Å². The predicted molar refractivity (Wildman–Crippen MR) is 103 cm³/mol. The fourth-order valence-corrected chi connectivity index (χ4v) is 5.36. The highest BCUT2D eigenvalue weighted by Crippen LogP contribution is 2.28. The maximum Gasteiger partial charge on any atom is 0.222 e. The average molecular weight is 432 g/mol. The van der Waals surface area contributed by atoms with Gasteiger partial charge in [0.1, 0.15) is 5.75 Å². The van der Waals surface area contributed by atoms with E-state index in [4.69, 9.17) is 4.74 Å². The third-order valence-corrected chi connectivity index (χ3v) is 8.22. The molecular formula is C18H26BrNO4S. The van der Waals surface area contributed by atoms with Gasteiger partial charge in [-0.25, -0.2) is 8.42 Å². The predicted octanol–water partition coefficient (Wildman–Crippen LogP) is 3.20. The van der Waals surface area contributed by atoms with Gasteiger partial charge in [-0.1, -0.05) is 6.07 Å². The second-order valence-corrected chi connectivity index (χ2v) is 11.2. The minimum Gasteiger partial charge on any atom is -0.496 e. The molecule has 0 aromatic heterocycles. The molecular weight excluding hydrogens is 406 g/mol. The monoisotopic (exact) mass is 431 g/mol. The molecule has 0 aliphatic carbocycles. The SMILES string of the molecule is COc1ccc(CCC(=O)N2CC[C@H](S(=O)(=O)C(C)(C)C)C2)cc1Br. The fourth-order valence-electron chi connectivity index (χ4n) is 2.98. The number of aryl methyl sites for hydroxylation is 1. The van der Waals surface area contributed by atoms with Crippen LogP contribution in [0.4, 0.5) is 0 Å². The second-order valence-electron chi connectivity index (χ2n) is 7.38. The van der Waals surface area contributed by atoms with Crippen molar-refractivity contribution in [1.82, 2.24) is 4.90 Å². The normalized spacial score (nSPS) is 18.4. The Morgan fingerprint density at radius 2 is 2.04 bits per heavy atom. The summed E-state index contributed by atoms with van der Waals surface area (Å²) in [6, 6.07) is 5.75. The van der Waals surface area contributed by atoms with Gasteiger partial charge in [-0.2, -0.15) is 0 Å². The summed E-state index contributed by atoms with van der Waals surface area (Å²) in [4.78, 5) is 14.1. The number of nitrogens with zero attached hydrogens (tertiary/aromatic N) is 1. The number of halogens is 1. The highest BCUT2D eigenvalue weighted by atomic mass is 79.9. The van der Waals surface area contributed by atoms with Crippen LogP contribution in [0.3, 0.4) is 0 Å². The summed E-state index contributed by atoms with van der Waals surface area (Å²) in [7, 11) is -1.63. The van der Waals surface area contributed by atoms with Gasteiger partial charge in [0.25, 0.3) is 0 Å². The molecule has 0 unspecified atom stereocenters. The minimum atomic E-state index is -3.24. The third-order valence-electron chi connectivity index (χ3n) is 4.63. The van der Waals surface area contributed by atoms with Crippen molar-refractivity contribution in [2.75, 3.05) is 20.2 Å². The molecule has 7 heteroatoms. The second kappa shape index (κ2) is 7.66. The Morgan fingerprint density at radius 3 is 2.60 bits per heavy atom. The van der Waals surface area contributed by atoms with Crippen LogP contribution in [0, 0.1) is 0 Å². The maximum absolute atomic E-state index is 12.5. The van der Waals surface area contributed by atoms with Gasteiger partial charge in [0.2, 0.25) is 5.91 Å². The molecule has 1 aliphatic heterocycles. The molecule has 0 saturated carbocycles. The zero-order valence-electron chi connectivity index (χ0n) is 15.2. The molecule has 140 valence electrons. The lowest BCUT2D eigenvalue weighted by atomic mass is 10.1. The number of rotatable bonds is 5. The molecule has 1 fully saturated rings. The molecule has 0 bridgehead atoms. The van der Waals surface area contributed by atoms with Crippen molar-refractivity contribution in [2.45, 2.75) is 50.0 Å². The number of benzene rings is 1. The number of likely N-dealkylation sites (tertiary alicyclic amines) is 1. The Morgan fingerprint density at radius 1 is 1.36 bits per heavy atom. The van der Waals surface area contributed by atoms with Crippen molar-refractivity contribution < 1.29 is 17.9 Å². The van der Waals surface area contributed by atoms with E-state index in [1.807, 2.05) is 18.2 Å². The Balaban J connectivity index is 1.94. The first kappa shape index (κ1) is 20.2. The molecule has 1 amide bonds. The van der Waals surface area contributed by atoms with Gasteiger partial charge in [0, 0.05) is 19.5 Å². The van der Waals surface area contributed by atoms with Gasteiger partial charge in [-0.3, -0.25) is 4.79 Å². The molecule has 5 nitrogen and oxygen atoms in total. The molecule has 0 spiro atoms. The van der Waals surface area contributed by atoms with E-state index in [1.54, 1.807) is 32.8 Å². The summed E-state index contributed by atoms with van der Waals surface area (Å²) in [6.45, 7) is 5.98. The molecule has 0 radical (unpaired) electrons. The van der Waals surface area contributed by atoms with E-state index in [0.29, 0.717) is 32.4 Å². The van der Waals surface area contributed by atoms with Gasteiger partial charge >= 0.3 is 0 Å². The Bertz CT molecular complexity index is 740. The molecule has 1 aliphatic rings. The molecule has 2 rings (SSSR count). The number of carbonyl (C=O) groups is 1. The molecule has 1 aromatic carbocycles. The summed E-state index contributed by atoms with van der Waals surface area (Å²) in [5.41, 5.74) is 1.04. The zero-order valence-corrected chi connectivity index (χ0v) is 17.6. The number of hydrogen-bond donors (Lipinski definition) is 0. The Kier molecular flexibility index (Phi) is 6.20. The van der Waals surface area contributed by atoms with Gasteiger partial charge < -0.3 is 9.64 Å². The van der Waals surface area contributed by atoms with Crippen LogP contribution in [-0.4, -0.2) is 49.4 Å². The standard InChI is InChI=1S/C18H26BrNO4S/c1-18(2,3)25(22,23)14-9-10-20(12-14)17(21)8-6-13-5-7-16(24-4)15(19)11-13/h5,7,11,14H,6,8-10,12H2,1-4H3/t14-/m0/s1. The third kappa shape index (κ3) is 4.56. The van der Waals surface area contributed by atoms with Crippen LogP contribution in [-0.2, 0) is 21.1 Å². The number of carbonyl (C=O) groups excluding carboxylic acids is 1. The van der Waals surface area contributed by atoms with Crippen molar-refractivity contribution in [3.63, 3.8) is 0 Å². The van der Waals surface area contributed by atoms with Crippen LogP contribution in [0.5, 0.6) is 5.75 Å². The number of sulfone groups is 1. The Labute approximate surface area is 158 Å². The molecule has 0 N–H and O–H groups in total. The van der Waals surface area contributed by atoms with Crippen LogP contribution >= 0.6 is 15.9 Å². The van der Waals surface area contributed by atoms with Crippen molar-refractivity contribution in [2.24, 2.45) is 0 Å². The van der Waals surface area contributed by atoms with Crippen LogP contribution in [0.15, 0.2) is 22.7 Å². The first-order valence-corrected chi connectivity index (χ1v) is 10.7. The van der Waals surface area contributed by atoms with Gasteiger partial charge in [0.15, 0.2) is 9.84 Å². The lowest BCUT2D eigenvalue weighted by Crippen LogP contribution is -2.39. The molecule has 25 heavy (non-hydrogen) atoms. The average Bonchev–Trinajstić information content (AvgIpc) is 3.02. The molecule has 1 heterocycles. The van der Waals surface area contributed by atoms with Crippen molar-refractivity contribution in [3.8, 4) is 5.75 Å². The molecule has 1 saturated heterocycles. The van der Waals surface area contributed by atoms with E-state index >= 15 is 0 Å². The highest BCUT2D eigenvalue weighted by Gasteiger charge is 2.41. The van der Waals surface area contributed by atoms with E-state index in [1.165, 1.54) is 0 Å². The van der Waals surface area contributed by atoms with E-state index in [-0.39, 0.29) is 5.91 Å². The summed E-state index contributed by atoms with van der Waals surface area (Å²) in [5, 5.41) is -0.452. The summed E-state index contributed by atoms with van der Waals surface area (Å²) in [5.74, 6) is 0.767. The summed E-state index contributed by atoms with van der Waals surface area (Å²) < 4.78 is 30.4. The lowest BCUT2D eigenvalue weighted by molar-refractivity contribution is -0.130. The lowest BCUT2D eigenvalue weighted by Gasteiger charge is -2.24. The van der Waals surface area contributed by atoms with Crippen LogP contribution in [0.25, 0.3) is 0 Å². The van der Waals surface area contributed by atoms with E-state index in [2.05, 4.69) is 15.9 Å². The van der Waals surface area contributed by atoms with Crippen LogP contribution < -0.4 is 4.74 Å². The summed E-state index contributed by atoms with van der Waals surface area (Å²) >= 11 is 3.44. The number of hydrogen-bond acceptors (Lipinski definition) is 4. The van der Waals surface area contributed by atoms with Gasteiger partial charge in [0.05, 0.1) is 21.6 Å². The summed E-state index contributed by atoms with van der Waals surface area (Å²) in [6.07, 6.45) is 1.52. The fraction of sp³-hybridized carbons (Fsp3) is 0.611. The van der Waals surface area contributed by atoms with Gasteiger partial charge in [-0.15, -0.1) is 0 Å². The quantitative estimate of drug-likeness (QED) is 0.717. The largest absolute Gasteiger partial charge is 0.496 e. The van der Waals surface area contributed by atoms with E-state index in [0.717, 1.165) is 15.8 Å². The Hall–Kier alpha value is -1.08. The van der Waals surface area contributed by atoms with Crippen LogP contribution in [0.2, 0.25) is 0 Å². The first-order valence-electron chi connectivity index (χ1n) is 8.40. The minimum absolute atomic E-state index is 0.0125. The first-order chi connectivity index (χ1) is 11.6. The van der Waals surface area contributed by atoms with Crippen LogP contribution in [0.1, 0.15) is 39.2 Å². The van der Waals surface area contributed by atoms with Crippen molar-refractivity contribution in [3.05, 3.63) is 28.2 Å². The smallest absolute Gasteiger partial charge is 0.222 e. The number of methoxy groups -OCH3 is 1. The highest BCUT2D eigenvalue weighted by molar-refractivity contribution is 9.10. The number of amides is 1. The maximum atomic E-state index is 12.5. The van der Waals surface area contributed by atoms with E-state index in [9.17, 15) is 13.2 Å². The van der Waals surface area contributed by atoms with Gasteiger partial charge in [-0.05, 0) is 67.2 Å². The van der Waals surface area contributed by atoms with Crippen molar-refractivity contribution in [1.29, 1.82) is 0 Å². The number of ether oxygens (including phenoxy) is 1. The topological polar surface area (TPSA) is 63.7 Å². The molecule has 1 atom stereocenters. The van der Waals surface area contributed by atoms with Crippen molar-refractivity contribution >= 4 is 31.7 Å². The zero-order chi connectivity index (χ0) is 18.8. The molecule has 1 aromatic rings.